The van der Waals surface area contributed by atoms with Gasteiger partial charge in [-0.05, 0) is 43.9 Å². The molecule has 0 aromatic carbocycles. The van der Waals surface area contributed by atoms with Gasteiger partial charge in [0, 0.05) is 0 Å². The molecule has 0 aromatic rings. The SMILES string of the molecule is C1CC2CCC(OCC3CO3)CC2C(OCC2CO2)C1. The van der Waals surface area contributed by atoms with Gasteiger partial charge in [0.15, 0.2) is 0 Å². The molecule has 20 heavy (non-hydrogen) atoms. The third-order valence-electron chi connectivity index (χ3n) is 5.36. The highest BCUT2D eigenvalue weighted by atomic mass is 16.6. The van der Waals surface area contributed by atoms with Crippen molar-refractivity contribution in [2.45, 2.75) is 62.9 Å². The Bertz CT molecular complexity index is 326. The molecule has 2 aliphatic carbocycles. The van der Waals surface area contributed by atoms with Crippen LogP contribution >= 0.6 is 0 Å². The summed E-state index contributed by atoms with van der Waals surface area (Å²) in [6.45, 7) is 3.39. The van der Waals surface area contributed by atoms with E-state index in [0.29, 0.717) is 30.3 Å². The van der Waals surface area contributed by atoms with Crippen LogP contribution in [0.25, 0.3) is 0 Å². The Labute approximate surface area is 121 Å². The van der Waals surface area contributed by atoms with Gasteiger partial charge >= 0.3 is 0 Å². The largest absolute Gasteiger partial charge is 0.375 e. The number of rotatable bonds is 6. The van der Waals surface area contributed by atoms with E-state index in [4.69, 9.17) is 18.9 Å². The minimum absolute atomic E-state index is 0.387. The average molecular weight is 282 g/mol. The Kier molecular flexibility index (Phi) is 3.99. The van der Waals surface area contributed by atoms with Crippen molar-refractivity contribution in [2.24, 2.45) is 11.8 Å². The van der Waals surface area contributed by atoms with E-state index in [0.717, 1.165) is 32.3 Å². The fraction of sp³-hybridized carbons (Fsp3) is 1.00. The minimum atomic E-state index is 0.387. The molecular weight excluding hydrogens is 256 g/mol. The lowest BCUT2D eigenvalue weighted by Crippen LogP contribution is -2.41. The third-order valence-corrected chi connectivity index (χ3v) is 5.36. The highest BCUT2D eigenvalue weighted by Crippen LogP contribution is 2.43. The summed E-state index contributed by atoms with van der Waals surface area (Å²) in [6, 6.07) is 0. The van der Waals surface area contributed by atoms with Gasteiger partial charge in [-0.3, -0.25) is 0 Å². The molecule has 6 atom stereocenters. The maximum Gasteiger partial charge on any atom is 0.104 e. The first-order chi connectivity index (χ1) is 9.88. The number of hydrogen-bond donors (Lipinski definition) is 0. The van der Waals surface area contributed by atoms with E-state index in [1.807, 2.05) is 0 Å². The van der Waals surface area contributed by atoms with Crippen molar-refractivity contribution >= 4 is 0 Å². The summed E-state index contributed by atoms with van der Waals surface area (Å²) in [5, 5.41) is 0. The summed E-state index contributed by atoms with van der Waals surface area (Å²) in [5.41, 5.74) is 0. The zero-order valence-electron chi connectivity index (χ0n) is 12.2. The lowest BCUT2D eigenvalue weighted by atomic mass is 9.68. The zero-order chi connectivity index (χ0) is 13.4. The number of hydrogen-bond acceptors (Lipinski definition) is 4. The van der Waals surface area contributed by atoms with Crippen LogP contribution in [0.3, 0.4) is 0 Å². The molecule has 0 N–H and O–H groups in total. The minimum Gasteiger partial charge on any atom is -0.375 e. The summed E-state index contributed by atoms with van der Waals surface area (Å²) in [5.74, 6) is 1.58. The Balaban J connectivity index is 1.30. The maximum absolute atomic E-state index is 6.16. The van der Waals surface area contributed by atoms with Crippen molar-refractivity contribution in [3.05, 3.63) is 0 Å². The second-order valence-corrected chi connectivity index (χ2v) is 6.91. The fourth-order valence-electron chi connectivity index (χ4n) is 4.00. The van der Waals surface area contributed by atoms with E-state index in [9.17, 15) is 0 Å². The van der Waals surface area contributed by atoms with Crippen LogP contribution in [0.15, 0.2) is 0 Å². The van der Waals surface area contributed by atoms with Gasteiger partial charge in [0.2, 0.25) is 0 Å². The van der Waals surface area contributed by atoms with Gasteiger partial charge < -0.3 is 18.9 Å². The molecule has 6 unspecified atom stereocenters. The van der Waals surface area contributed by atoms with Crippen LogP contribution in [0.5, 0.6) is 0 Å². The molecule has 0 bridgehead atoms. The van der Waals surface area contributed by atoms with Gasteiger partial charge in [-0.1, -0.05) is 6.42 Å². The predicted molar refractivity (Wildman–Crippen MR) is 73.6 cm³/mol. The fourth-order valence-corrected chi connectivity index (χ4v) is 4.00. The molecule has 4 fully saturated rings. The molecule has 0 amide bonds. The first-order valence-electron chi connectivity index (χ1n) is 8.35. The molecule has 2 heterocycles. The Morgan fingerprint density at radius 3 is 2.35 bits per heavy atom. The van der Waals surface area contributed by atoms with E-state index in [1.54, 1.807) is 0 Å². The highest BCUT2D eigenvalue weighted by Gasteiger charge is 2.40. The summed E-state index contributed by atoms with van der Waals surface area (Å²) in [4.78, 5) is 0. The number of fused-ring (bicyclic) bond motifs is 1. The first-order valence-corrected chi connectivity index (χ1v) is 8.35. The molecule has 2 saturated heterocycles. The van der Waals surface area contributed by atoms with E-state index in [-0.39, 0.29) is 0 Å². The average Bonchev–Trinajstić information content (AvgIpc) is 3.37. The second kappa shape index (κ2) is 5.91. The van der Waals surface area contributed by atoms with Gasteiger partial charge in [0.25, 0.3) is 0 Å². The summed E-state index contributed by atoms with van der Waals surface area (Å²) >= 11 is 0. The Hall–Kier alpha value is -0.160. The van der Waals surface area contributed by atoms with Crippen LogP contribution < -0.4 is 0 Å². The van der Waals surface area contributed by atoms with E-state index in [1.165, 1.54) is 38.5 Å². The topological polar surface area (TPSA) is 43.5 Å². The number of ether oxygens (including phenoxy) is 4. The van der Waals surface area contributed by atoms with Crippen molar-refractivity contribution in [3.63, 3.8) is 0 Å². The second-order valence-electron chi connectivity index (χ2n) is 6.91. The Morgan fingerprint density at radius 2 is 1.60 bits per heavy atom. The van der Waals surface area contributed by atoms with Crippen molar-refractivity contribution in [1.82, 2.24) is 0 Å². The third kappa shape index (κ3) is 3.35. The molecule has 114 valence electrons. The van der Waals surface area contributed by atoms with Gasteiger partial charge in [0.1, 0.15) is 12.2 Å². The van der Waals surface area contributed by atoms with Crippen LogP contribution in [0.1, 0.15) is 38.5 Å². The molecule has 0 spiro atoms. The van der Waals surface area contributed by atoms with E-state index >= 15 is 0 Å². The Morgan fingerprint density at radius 1 is 0.850 bits per heavy atom. The smallest absolute Gasteiger partial charge is 0.104 e. The van der Waals surface area contributed by atoms with Gasteiger partial charge in [-0.25, -0.2) is 0 Å². The van der Waals surface area contributed by atoms with Crippen LogP contribution in [-0.4, -0.2) is 50.8 Å². The standard InChI is InChI=1S/C16H26O4/c1-2-11-4-5-12(17-7-13-8-18-13)6-15(11)16(3-1)20-10-14-9-19-14/h11-16H,1-10H2. The molecule has 2 aliphatic heterocycles. The molecule has 0 aromatic heterocycles. The summed E-state index contributed by atoms with van der Waals surface area (Å²) in [7, 11) is 0. The molecule has 2 saturated carbocycles. The van der Waals surface area contributed by atoms with Crippen LogP contribution in [0.2, 0.25) is 0 Å². The lowest BCUT2D eigenvalue weighted by Gasteiger charge is -2.43. The molecular formula is C16H26O4. The molecule has 0 radical (unpaired) electrons. The van der Waals surface area contributed by atoms with Crippen LogP contribution in [-0.2, 0) is 18.9 Å². The molecule has 4 nitrogen and oxygen atoms in total. The normalized spacial score (nSPS) is 46.8. The summed E-state index contributed by atoms with van der Waals surface area (Å²) in [6.07, 6.45) is 9.34. The van der Waals surface area contributed by atoms with Gasteiger partial charge in [-0.15, -0.1) is 0 Å². The van der Waals surface area contributed by atoms with Crippen LogP contribution in [0.4, 0.5) is 0 Å². The van der Waals surface area contributed by atoms with Crippen molar-refractivity contribution < 1.29 is 18.9 Å². The number of epoxide rings is 2. The van der Waals surface area contributed by atoms with E-state index < -0.39 is 0 Å². The van der Waals surface area contributed by atoms with Gasteiger partial charge in [-0.2, -0.15) is 0 Å². The maximum atomic E-state index is 6.16. The first kappa shape index (κ1) is 13.5. The van der Waals surface area contributed by atoms with E-state index in [2.05, 4.69) is 0 Å². The van der Waals surface area contributed by atoms with Gasteiger partial charge in [0.05, 0.1) is 38.6 Å². The van der Waals surface area contributed by atoms with Crippen molar-refractivity contribution in [1.29, 1.82) is 0 Å². The predicted octanol–water partition coefficient (Wildman–Crippen LogP) is 2.15. The van der Waals surface area contributed by atoms with Crippen molar-refractivity contribution in [3.8, 4) is 0 Å². The molecule has 4 heteroatoms. The zero-order valence-corrected chi connectivity index (χ0v) is 12.2. The lowest BCUT2D eigenvalue weighted by molar-refractivity contribution is -0.0876. The highest BCUT2D eigenvalue weighted by molar-refractivity contribution is 4.90. The molecule has 4 rings (SSSR count). The van der Waals surface area contributed by atoms with Crippen LogP contribution in [0, 0.1) is 11.8 Å². The summed E-state index contributed by atoms with van der Waals surface area (Å²) < 4.78 is 22.7. The quantitative estimate of drug-likeness (QED) is 0.700. The van der Waals surface area contributed by atoms with Crippen molar-refractivity contribution in [2.75, 3.05) is 26.4 Å². The monoisotopic (exact) mass is 282 g/mol. The molecule has 4 aliphatic rings.